The van der Waals surface area contributed by atoms with E-state index in [0.717, 1.165) is 39.6 Å². The maximum absolute atomic E-state index is 6.85. The van der Waals surface area contributed by atoms with Crippen LogP contribution in [0.5, 0.6) is 0 Å². The molecule has 1 unspecified atom stereocenters. The summed E-state index contributed by atoms with van der Waals surface area (Å²) >= 11 is 0. The molecule has 0 saturated heterocycles. The van der Waals surface area contributed by atoms with Crippen molar-refractivity contribution in [2.45, 2.75) is 18.8 Å². The van der Waals surface area contributed by atoms with Crippen LogP contribution in [0.15, 0.2) is 180 Å². The van der Waals surface area contributed by atoms with Crippen LogP contribution in [0.2, 0.25) is 0 Å². The van der Waals surface area contributed by atoms with E-state index < -0.39 is 0 Å². The Bertz CT molecular complexity index is 3080. The summed E-state index contributed by atoms with van der Waals surface area (Å²) in [5.41, 5.74) is 12.4. The highest BCUT2D eigenvalue weighted by Crippen LogP contribution is 2.48. The third kappa shape index (κ3) is 4.20. The van der Waals surface area contributed by atoms with Gasteiger partial charge in [-0.3, -0.25) is 0 Å². The van der Waals surface area contributed by atoms with E-state index in [4.69, 9.17) is 4.42 Å². The fourth-order valence-electron chi connectivity index (χ4n) is 8.88. The van der Waals surface area contributed by atoms with Crippen molar-refractivity contribution in [1.82, 2.24) is 9.13 Å². The molecule has 11 rings (SSSR count). The number of nitrogens with zero attached hydrogens (tertiary/aromatic N) is 2. The molecule has 3 aromatic heterocycles. The van der Waals surface area contributed by atoms with Crippen LogP contribution in [0.1, 0.15) is 24.5 Å². The van der Waals surface area contributed by atoms with E-state index in [9.17, 15) is 0 Å². The normalized spacial score (nSPS) is 16.4. The first-order valence-electron chi connectivity index (χ1n) is 18.1. The zero-order valence-corrected chi connectivity index (χ0v) is 28.8. The Labute approximate surface area is 300 Å². The number of rotatable bonds is 4. The molecule has 0 fully saturated rings. The predicted molar refractivity (Wildman–Crippen MR) is 218 cm³/mol. The summed E-state index contributed by atoms with van der Waals surface area (Å²) in [7, 11) is 0. The molecule has 1 aliphatic carbocycles. The van der Waals surface area contributed by atoms with Gasteiger partial charge in [-0.25, -0.2) is 0 Å². The Morgan fingerprint density at radius 3 is 1.96 bits per heavy atom. The minimum absolute atomic E-state index is 0.246. The second-order valence-corrected chi connectivity index (χ2v) is 14.4. The number of hydrogen-bond donors (Lipinski definition) is 0. The number of para-hydroxylation sites is 3. The van der Waals surface area contributed by atoms with Crippen molar-refractivity contribution in [3.05, 3.63) is 187 Å². The van der Waals surface area contributed by atoms with Crippen LogP contribution in [0, 0.1) is 0 Å². The van der Waals surface area contributed by atoms with Gasteiger partial charge in [0.2, 0.25) is 0 Å². The molecule has 0 radical (unpaired) electrons. The van der Waals surface area contributed by atoms with Crippen molar-refractivity contribution in [3.63, 3.8) is 0 Å². The summed E-state index contributed by atoms with van der Waals surface area (Å²) in [6, 6.07) is 59.1. The van der Waals surface area contributed by atoms with Gasteiger partial charge in [-0.15, -0.1) is 0 Å². The van der Waals surface area contributed by atoms with Crippen LogP contribution in [0.25, 0.3) is 82.5 Å². The maximum atomic E-state index is 6.85. The predicted octanol–water partition coefficient (Wildman–Crippen LogP) is 13.1. The number of aromatic nitrogens is 2. The summed E-state index contributed by atoms with van der Waals surface area (Å²) < 4.78 is 11.8. The van der Waals surface area contributed by atoms with Crippen molar-refractivity contribution in [2.24, 2.45) is 0 Å². The summed E-state index contributed by atoms with van der Waals surface area (Å²) in [6.45, 7) is 2.38. The van der Waals surface area contributed by atoms with Gasteiger partial charge in [-0.05, 0) is 65.2 Å². The van der Waals surface area contributed by atoms with Crippen LogP contribution in [-0.2, 0) is 5.41 Å². The lowest BCUT2D eigenvalue weighted by atomic mass is 9.73. The van der Waals surface area contributed by atoms with E-state index in [-0.39, 0.29) is 5.41 Å². The van der Waals surface area contributed by atoms with Crippen LogP contribution >= 0.6 is 0 Å². The molecule has 10 aromatic rings. The van der Waals surface area contributed by atoms with Crippen molar-refractivity contribution >= 4 is 76.8 Å². The Balaban J connectivity index is 1.30. The quantitative estimate of drug-likeness (QED) is 0.183. The second kappa shape index (κ2) is 11.0. The molecule has 0 aliphatic heterocycles. The van der Waals surface area contributed by atoms with E-state index in [0.29, 0.717) is 0 Å². The van der Waals surface area contributed by atoms with Gasteiger partial charge in [0.25, 0.3) is 0 Å². The number of fused-ring (bicyclic) bond motifs is 10. The van der Waals surface area contributed by atoms with Crippen molar-refractivity contribution in [3.8, 4) is 5.69 Å². The highest BCUT2D eigenvalue weighted by atomic mass is 16.3. The van der Waals surface area contributed by atoms with E-state index >= 15 is 0 Å². The molecule has 3 heterocycles. The van der Waals surface area contributed by atoms with Gasteiger partial charge in [-0.2, -0.15) is 0 Å². The van der Waals surface area contributed by atoms with E-state index in [1.54, 1.807) is 0 Å². The number of benzene rings is 7. The third-order valence-corrected chi connectivity index (χ3v) is 11.3. The first-order valence-corrected chi connectivity index (χ1v) is 18.1. The maximum Gasteiger partial charge on any atom is 0.160 e. The second-order valence-electron chi connectivity index (χ2n) is 14.4. The van der Waals surface area contributed by atoms with E-state index in [2.05, 4.69) is 192 Å². The van der Waals surface area contributed by atoms with Crippen molar-refractivity contribution in [1.29, 1.82) is 0 Å². The topological polar surface area (TPSA) is 23.0 Å². The largest absolute Gasteiger partial charge is 0.454 e. The molecule has 0 bridgehead atoms. The summed E-state index contributed by atoms with van der Waals surface area (Å²) in [5.74, 6) is 0. The minimum Gasteiger partial charge on any atom is -0.454 e. The summed E-state index contributed by atoms with van der Waals surface area (Å²) in [6.07, 6.45) is 5.71. The first-order chi connectivity index (χ1) is 25.6. The lowest BCUT2D eigenvalue weighted by Crippen LogP contribution is -2.24. The molecule has 246 valence electrons. The molecule has 3 heteroatoms. The van der Waals surface area contributed by atoms with Crippen LogP contribution in [0.3, 0.4) is 0 Å². The molecule has 0 saturated carbocycles. The average molecular weight is 667 g/mol. The first kappa shape index (κ1) is 29.2. The van der Waals surface area contributed by atoms with Crippen molar-refractivity contribution in [2.75, 3.05) is 0 Å². The zero-order valence-electron chi connectivity index (χ0n) is 28.8. The molecule has 3 nitrogen and oxygen atoms in total. The van der Waals surface area contributed by atoms with Gasteiger partial charge in [-0.1, -0.05) is 134 Å². The summed E-state index contributed by atoms with van der Waals surface area (Å²) in [5, 5.41) is 7.18. The minimum atomic E-state index is -0.246. The SMILES string of the molecule is CC1(c2ccccc2)C=C(c2ccccc2)C=C(n2c3cc4c(cc3c3ccc5c6ccccc6oc5c32)c2ccccc2n4-c2ccccc2)C1. The monoisotopic (exact) mass is 666 g/mol. The zero-order chi connectivity index (χ0) is 34.4. The van der Waals surface area contributed by atoms with Crippen molar-refractivity contribution < 1.29 is 4.42 Å². The highest BCUT2D eigenvalue weighted by molar-refractivity contribution is 6.25. The number of allylic oxidation sites excluding steroid dienone is 4. The molecule has 0 amide bonds. The Hall–Kier alpha value is -6.58. The number of hydrogen-bond acceptors (Lipinski definition) is 1. The van der Waals surface area contributed by atoms with Gasteiger partial charge in [0.1, 0.15) is 5.58 Å². The number of furan rings is 1. The van der Waals surface area contributed by atoms with Gasteiger partial charge in [0.15, 0.2) is 5.58 Å². The fourth-order valence-corrected chi connectivity index (χ4v) is 8.88. The Morgan fingerprint density at radius 1 is 0.519 bits per heavy atom. The molecular formula is C49H34N2O. The molecule has 7 aromatic carbocycles. The molecule has 0 N–H and O–H groups in total. The average Bonchev–Trinajstić information content (AvgIpc) is 3.85. The van der Waals surface area contributed by atoms with E-state index in [1.165, 1.54) is 60.5 Å². The van der Waals surface area contributed by atoms with Crippen LogP contribution < -0.4 is 0 Å². The summed E-state index contributed by atoms with van der Waals surface area (Å²) in [4.78, 5) is 0. The highest BCUT2D eigenvalue weighted by Gasteiger charge is 2.32. The van der Waals surface area contributed by atoms with Gasteiger partial charge >= 0.3 is 0 Å². The fraction of sp³-hybridized carbons (Fsp3) is 0.0612. The lowest BCUT2D eigenvalue weighted by molar-refractivity contribution is 0.601. The van der Waals surface area contributed by atoms with Gasteiger partial charge in [0, 0.05) is 55.5 Å². The van der Waals surface area contributed by atoms with Gasteiger partial charge in [0.05, 0.1) is 22.1 Å². The molecule has 1 aliphatic rings. The van der Waals surface area contributed by atoms with E-state index in [1.807, 2.05) is 0 Å². The lowest BCUT2D eigenvalue weighted by Gasteiger charge is -2.33. The molecule has 1 atom stereocenters. The van der Waals surface area contributed by atoms with Crippen LogP contribution in [0.4, 0.5) is 0 Å². The Morgan fingerprint density at radius 2 is 1.15 bits per heavy atom. The van der Waals surface area contributed by atoms with Crippen LogP contribution in [-0.4, -0.2) is 9.13 Å². The standard InChI is InChI=1S/C49H34N2O/c1-49(34-17-7-3-8-18-34)30-33(32-15-5-2-6-16-32)27-36(31-49)51-45-29-44-41(37-21-11-13-23-43(37)50(44)35-19-9-4-10-20-35)28-42(45)39-25-26-40-38-22-12-14-24-46(38)52-48(40)47(39)51/h2-30H,31H2,1H3. The third-order valence-electron chi connectivity index (χ3n) is 11.3. The smallest absolute Gasteiger partial charge is 0.160 e. The Kier molecular flexibility index (Phi) is 6.15. The molecule has 52 heavy (non-hydrogen) atoms. The van der Waals surface area contributed by atoms with Gasteiger partial charge < -0.3 is 13.6 Å². The molecule has 0 spiro atoms. The molecular weight excluding hydrogens is 633 g/mol.